The van der Waals surface area contributed by atoms with Gasteiger partial charge >= 0.3 is 0 Å². The summed E-state index contributed by atoms with van der Waals surface area (Å²) in [6, 6.07) is 7.24. The molecule has 1 aliphatic carbocycles. The molecular weight excluding hydrogens is 262 g/mol. The lowest BCUT2D eigenvalue weighted by molar-refractivity contribution is 0.171. The van der Waals surface area contributed by atoms with Gasteiger partial charge in [0.15, 0.2) is 11.5 Å². The molecule has 1 aromatic rings. The van der Waals surface area contributed by atoms with Gasteiger partial charge in [0, 0.05) is 12.1 Å². The van der Waals surface area contributed by atoms with Gasteiger partial charge in [0.25, 0.3) is 0 Å². The maximum atomic E-state index is 5.69. The van der Waals surface area contributed by atoms with Crippen LogP contribution in [0.15, 0.2) is 18.2 Å². The number of hydrogen-bond donors (Lipinski definition) is 1. The van der Waals surface area contributed by atoms with E-state index in [9.17, 15) is 0 Å². The van der Waals surface area contributed by atoms with Gasteiger partial charge in [-0.1, -0.05) is 26.8 Å². The van der Waals surface area contributed by atoms with Gasteiger partial charge in [0.2, 0.25) is 0 Å². The first-order valence-electron chi connectivity index (χ1n) is 8.10. The summed E-state index contributed by atoms with van der Waals surface area (Å²) in [5.41, 5.74) is 1.74. The third-order valence-corrected chi connectivity index (χ3v) is 4.86. The molecule has 0 radical (unpaired) electrons. The van der Waals surface area contributed by atoms with Crippen molar-refractivity contribution >= 4 is 0 Å². The largest absolute Gasteiger partial charge is 0.486 e. The quantitative estimate of drug-likeness (QED) is 0.914. The first kappa shape index (κ1) is 14.7. The van der Waals surface area contributed by atoms with E-state index < -0.39 is 0 Å². The van der Waals surface area contributed by atoms with Gasteiger partial charge in [-0.2, -0.15) is 0 Å². The first-order valence-corrected chi connectivity index (χ1v) is 8.10. The van der Waals surface area contributed by atoms with Crippen LogP contribution >= 0.6 is 0 Å². The minimum Gasteiger partial charge on any atom is -0.486 e. The predicted molar refractivity (Wildman–Crippen MR) is 84.9 cm³/mol. The van der Waals surface area contributed by atoms with Gasteiger partial charge in [-0.15, -0.1) is 0 Å². The normalized spacial score (nSPS) is 28.4. The molecule has 3 atom stereocenters. The Morgan fingerprint density at radius 1 is 1.14 bits per heavy atom. The van der Waals surface area contributed by atoms with E-state index in [2.05, 4.69) is 45.1 Å². The summed E-state index contributed by atoms with van der Waals surface area (Å²) >= 11 is 0. The summed E-state index contributed by atoms with van der Waals surface area (Å²) in [6.45, 7) is 10.6. The SMILES string of the molecule is CC(NC1CC(C)(C)CC1C)c1ccc2c(c1)OCCO2. The molecule has 3 heteroatoms. The van der Waals surface area contributed by atoms with Crippen LogP contribution in [0.4, 0.5) is 0 Å². The van der Waals surface area contributed by atoms with Crippen LogP contribution in [-0.4, -0.2) is 19.3 Å². The minimum absolute atomic E-state index is 0.335. The highest BCUT2D eigenvalue weighted by molar-refractivity contribution is 5.44. The van der Waals surface area contributed by atoms with E-state index in [0.29, 0.717) is 30.7 Å². The Balaban J connectivity index is 1.69. The van der Waals surface area contributed by atoms with Crippen molar-refractivity contribution in [2.75, 3.05) is 13.2 Å². The Bertz CT molecular complexity index is 512. The van der Waals surface area contributed by atoms with Gasteiger partial charge in [0.1, 0.15) is 13.2 Å². The minimum atomic E-state index is 0.335. The lowest BCUT2D eigenvalue weighted by atomic mass is 9.91. The zero-order valence-electron chi connectivity index (χ0n) is 13.6. The summed E-state index contributed by atoms with van der Waals surface area (Å²) < 4.78 is 11.3. The summed E-state index contributed by atoms with van der Waals surface area (Å²) in [5, 5.41) is 3.81. The molecular formula is C18H27NO2. The molecule has 1 aromatic carbocycles. The van der Waals surface area contributed by atoms with Crippen molar-refractivity contribution in [3.05, 3.63) is 23.8 Å². The maximum absolute atomic E-state index is 5.69. The molecule has 1 heterocycles. The lowest BCUT2D eigenvalue weighted by Crippen LogP contribution is -2.33. The fourth-order valence-corrected chi connectivity index (χ4v) is 3.86. The van der Waals surface area contributed by atoms with Crippen molar-refractivity contribution in [3.63, 3.8) is 0 Å². The van der Waals surface area contributed by atoms with Crippen LogP contribution in [0.3, 0.4) is 0 Å². The number of ether oxygens (including phenoxy) is 2. The molecule has 3 nitrogen and oxygen atoms in total. The van der Waals surface area contributed by atoms with Crippen LogP contribution < -0.4 is 14.8 Å². The zero-order chi connectivity index (χ0) is 15.0. The first-order chi connectivity index (χ1) is 9.94. The van der Waals surface area contributed by atoms with E-state index in [4.69, 9.17) is 9.47 Å². The van der Waals surface area contributed by atoms with Crippen LogP contribution in [0.1, 0.15) is 52.1 Å². The molecule has 0 bridgehead atoms. The molecule has 3 rings (SSSR count). The Kier molecular flexibility index (Phi) is 3.87. The van der Waals surface area contributed by atoms with Crippen LogP contribution in [0.5, 0.6) is 11.5 Å². The molecule has 116 valence electrons. The fourth-order valence-electron chi connectivity index (χ4n) is 3.86. The standard InChI is InChI=1S/C18H27NO2/c1-12-10-18(3,4)11-15(12)19-13(2)14-5-6-16-17(9-14)21-8-7-20-16/h5-6,9,12-13,15,19H,7-8,10-11H2,1-4H3. The van der Waals surface area contributed by atoms with Gasteiger partial charge < -0.3 is 14.8 Å². The van der Waals surface area contributed by atoms with E-state index in [1.165, 1.54) is 18.4 Å². The predicted octanol–water partition coefficient (Wildman–Crippen LogP) is 3.93. The van der Waals surface area contributed by atoms with E-state index in [0.717, 1.165) is 17.4 Å². The second-order valence-electron chi connectivity index (χ2n) is 7.45. The smallest absolute Gasteiger partial charge is 0.161 e. The van der Waals surface area contributed by atoms with Crippen molar-refractivity contribution in [3.8, 4) is 11.5 Å². The molecule has 0 spiro atoms. The lowest BCUT2D eigenvalue weighted by Gasteiger charge is -2.25. The Labute approximate surface area is 128 Å². The van der Waals surface area contributed by atoms with Gasteiger partial charge in [-0.3, -0.25) is 0 Å². The van der Waals surface area contributed by atoms with Crippen molar-refractivity contribution < 1.29 is 9.47 Å². The molecule has 21 heavy (non-hydrogen) atoms. The molecule has 0 amide bonds. The second-order valence-corrected chi connectivity index (χ2v) is 7.45. The average molecular weight is 289 g/mol. The molecule has 0 saturated heterocycles. The molecule has 1 fully saturated rings. The molecule has 1 N–H and O–H groups in total. The third kappa shape index (κ3) is 3.18. The molecule has 2 aliphatic rings. The number of fused-ring (bicyclic) bond motifs is 1. The van der Waals surface area contributed by atoms with Crippen LogP contribution in [0.25, 0.3) is 0 Å². The number of rotatable bonds is 3. The monoisotopic (exact) mass is 289 g/mol. The van der Waals surface area contributed by atoms with Crippen LogP contribution in [-0.2, 0) is 0 Å². The van der Waals surface area contributed by atoms with Crippen LogP contribution in [0, 0.1) is 11.3 Å². The van der Waals surface area contributed by atoms with Gasteiger partial charge in [0.05, 0.1) is 0 Å². The summed E-state index contributed by atoms with van der Waals surface area (Å²) in [5.74, 6) is 2.49. The number of nitrogens with one attached hydrogen (secondary N) is 1. The van der Waals surface area contributed by atoms with E-state index in [-0.39, 0.29) is 0 Å². The van der Waals surface area contributed by atoms with Crippen molar-refractivity contribution in [1.82, 2.24) is 5.32 Å². The topological polar surface area (TPSA) is 30.5 Å². The van der Waals surface area contributed by atoms with E-state index in [1.54, 1.807) is 0 Å². The number of hydrogen-bond acceptors (Lipinski definition) is 3. The molecule has 1 saturated carbocycles. The average Bonchev–Trinajstić information content (AvgIpc) is 2.70. The van der Waals surface area contributed by atoms with E-state index in [1.807, 2.05) is 6.07 Å². The maximum Gasteiger partial charge on any atom is 0.161 e. The highest BCUT2D eigenvalue weighted by Gasteiger charge is 2.37. The Morgan fingerprint density at radius 3 is 2.52 bits per heavy atom. The highest BCUT2D eigenvalue weighted by atomic mass is 16.6. The molecule has 3 unspecified atom stereocenters. The second kappa shape index (κ2) is 5.53. The zero-order valence-corrected chi connectivity index (χ0v) is 13.6. The Hall–Kier alpha value is -1.22. The van der Waals surface area contributed by atoms with Gasteiger partial charge in [-0.05, 0) is 48.8 Å². The molecule has 0 aromatic heterocycles. The summed E-state index contributed by atoms with van der Waals surface area (Å²) in [6.07, 6.45) is 2.56. The van der Waals surface area contributed by atoms with Crippen molar-refractivity contribution in [2.24, 2.45) is 11.3 Å². The Morgan fingerprint density at radius 2 is 1.86 bits per heavy atom. The highest BCUT2D eigenvalue weighted by Crippen LogP contribution is 2.42. The van der Waals surface area contributed by atoms with Crippen LogP contribution in [0.2, 0.25) is 0 Å². The molecule has 1 aliphatic heterocycles. The van der Waals surface area contributed by atoms with Gasteiger partial charge in [-0.25, -0.2) is 0 Å². The fraction of sp³-hybridized carbons (Fsp3) is 0.667. The summed E-state index contributed by atoms with van der Waals surface area (Å²) in [4.78, 5) is 0. The summed E-state index contributed by atoms with van der Waals surface area (Å²) in [7, 11) is 0. The van der Waals surface area contributed by atoms with Crippen molar-refractivity contribution in [2.45, 2.75) is 52.6 Å². The third-order valence-electron chi connectivity index (χ3n) is 4.86. The van der Waals surface area contributed by atoms with E-state index >= 15 is 0 Å². The number of benzene rings is 1. The van der Waals surface area contributed by atoms with Crippen molar-refractivity contribution in [1.29, 1.82) is 0 Å².